The van der Waals surface area contributed by atoms with Gasteiger partial charge in [0, 0.05) is 6.20 Å². The molecule has 0 aromatic carbocycles. The van der Waals surface area contributed by atoms with Gasteiger partial charge in [0.05, 0.1) is 7.79 Å². The van der Waals surface area contributed by atoms with Crippen LogP contribution in [0.5, 0.6) is 0 Å². The second-order valence-corrected chi connectivity index (χ2v) is 1.46. The Morgan fingerprint density at radius 3 is 3.00 bits per heavy atom. The Morgan fingerprint density at radius 1 is 1.75 bits per heavy atom. The topological polar surface area (TPSA) is 46.2 Å². The van der Waals surface area contributed by atoms with Gasteiger partial charge in [-0.25, -0.2) is 0 Å². The molecular formula is C5H5NO2. The van der Waals surface area contributed by atoms with E-state index in [0.717, 1.165) is 6.20 Å². The summed E-state index contributed by atoms with van der Waals surface area (Å²) in [6, 6.07) is -0.130. The third kappa shape index (κ3) is 0.932. The molecule has 0 aliphatic carbocycles. The van der Waals surface area contributed by atoms with Gasteiger partial charge < -0.3 is 5.32 Å². The van der Waals surface area contributed by atoms with Crippen LogP contribution in [0.3, 0.4) is 0 Å². The molecule has 3 nitrogen and oxygen atoms in total. The van der Waals surface area contributed by atoms with Gasteiger partial charge in [-0.2, -0.15) is 0 Å². The zero-order chi connectivity index (χ0) is 6.85. The minimum Gasteiger partial charge on any atom is -0.332 e. The van der Waals surface area contributed by atoms with Crippen molar-refractivity contribution in [3.05, 3.63) is 12.3 Å². The van der Waals surface area contributed by atoms with Crippen molar-refractivity contribution >= 4 is 11.7 Å². The van der Waals surface area contributed by atoms with Gasteiger partial charge in [-0.1, -0.05) is 0 Å². The van der Waals surface area contributed by atoms with Gasteiger partial charge in [-0.15, -0.1) is 0 Å². The fourth-order valence-electron chi connectivity index (χ4n) is 0.445. The summed E-state index contributed by atoms with van der Waals surface area (Å²) in [6.45, 7) is 0. The van der Waals surface area contributed by atoms with Crippen LogP contribution >= 0.6 is 0 Å². The highest BCUT2D eigenvalue weighted by atomic mass is 16.2. The number of allylic oxidation sites excluding steroid dienone is 1. The number of hydrogen-bond donors (Lipinski definition) is 1. The lowest BCUT2D eigenvalue weighted by Gasteiger charge is -2.00. The molecule has 8 heavy (non-hydrogen) atoms. The number of rotatable bonds is 0. The molecule has 0 unspecified atom stereocenters. The van der Waals surface area contributed by atoms with E-state index in [0.29, 0.717) is 0 Å². The third-order valence-corrected chi connectivity index (χ3v) is 0.787. The third-order valence-electron chi connectivity index (χ3n) is 0.787. The highest BCUT2D eigenvalue weighted by Gasteiger charge is 2.08. The van der Waals surface area contributed by atoms with Crippen LogP contribution in [0.4, 0.5) is 0 Å². The van der Waals surface area contributed by atoms with Crippen LogP contribution in [0.25, 0.3) is 0 Å². The molecule has 42 valence electrons. The molecule has 1 heterocycles. The first-order valence-corrected chi connectivity index (χ1v) is 2.19. The van der Waals surface area contributed by atoms with E-state index in [1.807, 2.05) is 0 Å². The van der Waals surface area contributed by atoms with Crippen molar-refractivity contribution in [2.24, 2.45) is 0 Å². The van der Waals surface area contributed by atoms with Crippen molar-refractivity contribution in [1.82, 2.24) is 5.32 Å². The van der Waals surface area contributed by atoms with E-state index in [1.165, 1.54) is 0 Å². The molecule has 1 aliphatic rings. The Morgan fingerprint density at radius 2 is 2.50 bits per heavy atom. The molecule has 0 fully saturated rings. The average Bonchev–Trinajstić information content (AvgIpc) is 1.80. The predicted molar refractivity (Wildman–Crippen MR) is 26.9 cm³/mol. The van der Waals surface area contributed by atoms with Crippen molar-refractivity contribution in [2.75, 3.05) is 0 Å². The molecule has 3 heteroatoms. The second-order valence-electron chi connectivity index (χ2n) is 1.46. The maximum Gasteiger partial charge on any atom is 0.231 e. The fourth-order valence-corrected chi connectivity index (χ4v) is 0.445. The van der Waals surface area contributed by atoms with Gasteiger partial charge in [-0.3, -0.25) is 9.59 Å². The lowest BCUT2D eigenvalue weighted by molar-refractivity contribution is -0.126. The molecule has 0 saturated carbocycles. The van der Waals surface area contributed by atoms with Gasteiger partial charge in [0.2, 0.25) is 5.91 Å². The maximum atomic E-state index is 10.5. The molecule has 0 bridgehead atoms. The highest BCUT2D eigenvalue weighted by molar-refractivity contribution is 6.06. The number of carbonyl (C=O) groups is 2. The molecule has 1 N–H and O–H groups in total. The number of carbonyl (C=O) groups excluding carboxylic acids is 2. The summed E-state index contributed by atoms with van der Waals surface area (Å²) in [5.41, 5.74) is 0. The van der Waals surface area contributed by atoms with Crippen LogP contribution in [-0.2, 0) is 9.59 Å². The van der Waals surface area contributed by atoms with E-state index in [-0.39, 0.29) is 18.4 Å². The molecule has 1 rings (SSSR count). The van der Waals surface area contributed by atoms with Crippen LogP contribution in [-0.4, -0.2) is 11.7 Å². The van der Waals surface area contributed by atoms with Gasteiger partial charge >= 0.3 is 0 Å². The molecule has 0 atom stereocenters. The zero-order valence-corrected chi connectivity index (χ0v) is 4.10. The van der Waals surface area contributed by atoms with Crippen LogP contribution in [0, 0.1) is 0 Å². The van der Waals surface area contributed by atoms with Crippen LogP contribution in [0.2, 0.25) is 0 Å². The van der Waals surface area contributed by atoms with Crippen LogP contribution in [0.15, 0.2) is 12.3 Å². The Balaban J connectivity index is 2.79. The Bertz CT molecular complexity index is 197. The summed E-state index contributed by atoms with van der Waals surface area (Å²) in [6.07, 6.45) is 0.920. The van der Waals surface area contributed by atoms with E-state index < -0.39 is 5.78 Å². The summed E-state index contributed by atoms with van der Waals surface area (Å²) in [4.78, 5) is 20.8. The van der Waals surface area contributed by atoms with Gasteiger partial charge in [-0.05, 0) is 6.05 Å². The van der Waals surface area contributed by atoms with Crippen molar-refractivity contribution in [1.29, 1.82) is 0 Å². The van der Waals surface area contributed by atoms with E-state index in [9.17, 15) is 9.59 Å². The molecule has 0 radical (unpaired) electrons. The Kier molecular flexibility index (Phi) is 0.850. The number of ketones is 1. The van der Waals surface area contributed by atoms with Crippen LogP contribution in [0.1, 0.15) is 7.79 Å². The molecule has 1 amide bonds. The summed E-state index contributed by atoms with van der Waals surface area (Å²) in [5, 5.41) is 2.25. The Labute approximate surface area is 47.8 Å². The van der Waals surface area contributed by atoms with Gasteiger partial charge in [0.25, 0.3) is 0 Å². The van der Waals surface area contributed by atoms with Gasteiger partial charge in [0.15, 0.2) is 5.78 Å². The molecule has 0 aromatic heterocycles. The average molecular weight is 112 g/mol. The Hall–Kier alpha value is -1.12. The smallest absolute Gasteiger partial charge is 0.231 e. The molecule has 0 saturated heterocycles. The monoisotopic (exact) mass is 112 g/mol. The van der Waals surface area contributed by atoms with E-state index in [1.54, 1.807) is 0 Å². The summed E-state index contributed by atoms with van der Waals surface area (Å²) in [5.74, 6) is -0.755. The molecular weight excluding hydrogens is 106 g/mol. The normalized spacial score (nSPS) is 21.5. The number of amides is 1. The number of nitrogens with one attached hydrogen (secondary N) is 1. The van der Waals surface area contributed by atoms with Crippen molar-refractivity contribution in [3.8, 4) is 0 Å². The van der Waals surface area contributed by atoms with Crippen molar-refractivity contribution in [3.63, 3.8) is 0 Å². The standard InChI is InChI=1S/C5H5NO2/c7-4-1-2-6-5(8)3-4/h1-2H,3H2,(H,6,8)/i1D. The predicted octanol–water partition coefficient (Wildman–Crippen LogP) is -0.411. The molecule has 0 aromatic rings. The summed E-state index contributed by atoms with van der Waals surface area (Å²) in [7, 11) is 0. The first-order chi connectivity index (χ1) is 4.20. The molecule has 1 aliphatic heterocycles. The highest BCUT2D eigenvalue weighted by Crippen LogP contribution is 1.90. The van der Waals surface area contributed by atoms with E-state index >= 15 is 0 Å². The number of hydrogen-bond acceptors (Lipinski definition) is 2. The first-order valence-electron chi connectivity index (χ1n) is 2.69. The van der Waals surface area contributed by atoms with Gasteiger partial charge in [0.1, 0.15) is 0 Å². The van der Waals surface area contributed by atoms with Crippen molar-refractivity contribution in [2.45, 2.75) is 6.42 Å². The van der Waals surface area contributed by atoms with Crippen molar-refractivity contribution < 1.29 is 11.0 Å². The SMILES string of the molecule is [2H]C1=CNC(=O)CC1=O. The lowest BCUT2D eigenvalue weighted by atomic mass is 10.2. The van der Waals surface area contributed by atoms with E-state index in [2.05, 4.69) is 5.32 Å². The zero-order valence-electron chi connectivity index (χ0n) is 5.10. The fraction of sp³-hybridized carbons (Fsp3) is 0.200. The minimum absolute atomic E-state index is 0.130. The quantitative estimate of drug-likeness (QED) is 0.433. The minimum atomic E-state index is -0.418. The molecule has 0 spiro atoms. The second kappa shape index (κ2) is 1.78. The van der Waals surface area contributed by atoms with Crippen LogP contribution < -0.4 is 5.32 Å². The largest absolute Gasteiger partial charge is 0.332 e. The summed E-state index contributed by atoms with van der Waals surface area (Å²) < 4.78 is 6.86. The maximum absolute atomic E-state index is 10.5. The first kappa shape index (κ1) is 3.83. The summed E-state index contributed by atoms with van der Waals surface area (Å²) >= 11 is 0. The lowest BCUT2D eigenvalue weighted by Crippen LogP contribution is -2.24. The van der Waals surface area contributed by atoms with E-state index in [4.69, 9.17) is 1.37 Å².